The first kappa shape index (κ1) is 18.3. The van der Waals surface area contributed by atoms with Crippen LogP contribution in [0.5, 0.6) is 0 Å². The molecule has 0 saturated carbocycles. The number of hydrogen-bond donors (Lipinski definition) is 1. The average Bonchev–Trinajstić information content (AvgIpc) is 2.88. The van der Waals surface area contributed by atoms with Crippen LogP contribution in [0, 0.1) is 0 Å². The third-order valence-electron chi connectivity index (χ3n) is 3.32. The number of ether oxygens (including phenoxy) is 2. The molecular formula is C16H20F3N3O2. The van der Waals surface area contributed by atoms with Crippen molar-refractivity contribution in [3.05, 3.63) is 35.9 Å². The highest BCUT2D eigenvalue weighted by Crippen LogP contribution is 2.32. The molecule has 0 atom stereocenters. The van der Waals surface area contributed by atoms with Gasteiger partial charge in [0.15, 0.2) is 6.29 Å². The molecule has 0 spiro atoms. The number of nitrogens with two attached hydrogens (primary N) is 1. The maximum absolute atomic E-state index is 12.8. The van der Waals surface area contributed by atoms with Crippen LogP contribution in [0.3, 0.4) is 0 Å². The van der Waals surface area contributed by atoms with Crippen LogP contribution in [0.2, 0.25) is 0 Å². The predicted octanol–water partition coefficient (Wildman–Crippen LogP) is 3.55. The van der Waals surface area contributed by atoms with Crippen LogP contribution in [0.15, 0.2) is 30.3 Å². The molecule has 0 aliphatic rings. The molecule has 0 amide bonds. The van der Waals surface area contributed by atoms with Gasteiger partial charge in [0.05, 0.1) is 17.8 Å². The second-order valence-electron chi connectivity index (χ2n) is 5.06. The fraction of sp³-hybridized carbons (Fsp3) is 0.438. The van der Waals surface area contributed by atoms with Crippen molar-refractivity contribution in [3.8, 4) is 11.3 Å². The Hall–Kier alpha value is -2.06. The second kappa shape index (κ2) is 7.67. The molecule has 8 heteroatoms. The Kier molecular flexibility index (Phi) is 5.84. The van der Waals surface area contributed by atoms with Gasteiger partial charge in [0.25, 0.3) is 0 Å². The summed E-state index contributed by atoms with van der Waals surface area (Å²) in [6.45, 7) is 4.87. The van der Waals surface area contributed by atoms with Crippen LogP contribution in [0.4, 0.5) is 19.0 Å². The molecule has 0 fully saturated rings. The number of hydrogen-bond acceptors (Lipinski definition) is 4. The van der Waals surface area contributed by atoms with Gasteiger partial charge in [-0.15, -0.1) is 0 Å². The summed E-state index contributed by atoms with van der Waals surface area (Å²) < 4.78 is 50.8. The van der Waals surface area contributed by atoms with Gasteiger partial charge in [0, 0.05) is 24.8 Å². The van der Waals surface area contributed by atoms with Gasteiger partial charge in [-0.2, -0.15) is 18.3 Å². The summed E-state index contributed by atoms with van der Waals surface area (Å²) >= 11 is 0. The topological polar surface area (TPSA) is 62.3 Å². The van der Waals surface area contributed by atoms with E-state index in [9.17, 15) is 13.2 Å². The molecule has 0 aliphatic heterocycles. The SMILES string of the molecule is CCOC(Cn1nc(-c2cccc(C(F)(F)F)c2)cc1N)OCC. The first-order chi connectivity index (χ1) is 11.3. The second-order valence-corrected chi connectivity index (χ2v) is 5.06. The van der Waals surface area contributed by atoms with E-state index >= 15 is 0 Å². The van der Waals surface area contributed by atoms with E-state index < -0.39 is 18.0 Å². The van der Waals surface area contributed by atoms with E-state index in [-0.39, 0.29) is 6.54 Å². The summed E-state index contributed by atoms with van der Waals surface area (Å²) in [5, 5.41) is 4.27. The van der Waals surface area contributed by atoms with Gasteiger partial charge in [-0.1, -0.05) is 12.1 Å². The lowest BCUT2D eigenvalue weighted by molar-refractivity contribution is -0.144. The average molecular weight is 343 g/mol. The molecule has 0 radical (unpaired) electrons. The van der Waals surface area contributed by atoms with E-state index in [1.54, 1.807) is 6.07 Å². The molecule has 1 aromatic carbocycles. The zero-order valence-electron chi connectivity index (χ0n) is 13.5. The Morgan fingerprint density at radius 3 is 2.42 bits per heavy atom. The number of rotatable bonds is 7. The summed E-state index contributed by atoms with van der Waals surface area (Å²) in [6.07, 6.45) is -4.92. The molecule has 0 saturated heterocycles. The van der Waals surface area contributed by atoms with Crippen molar-refractivity contribution in [2.24, 2.45) is 0 Å². The minimum absolute atomic E-state index is 0.256. The van der Waals surface area contributed by atoms with Crippen molar-refractivity contribution < 1.29 is 22.6 Å². The third kappa shape index (κ3) is 4.48. The highest BCUT2D eigenvalue weighted by molar-refractivity contribution is 5.63. The highest BCUT2D eigenvalue weighted by atomic mass is 19.4. The van der Waals surface area contributed by atoms with E-state index in [0.717, 1.165) is 12.1 Å². The van der Waals surface area contributed by atoms with Gasteiger partial charge in [-0.05, 0) is 26.0 Å². The smallest absolute Gasteiger partial charge is 0.384 e. The standard InChI is InChI=1S/C16H20F3N3O2/c1-3-23-15(24-4-2)10-22-14(20)9-13(21-22)11-6-5-7-12(8-11)16(17,18)19/h5-9,15H,3-4,10,20H2,1-2H3. The summed E-state index contributed by atoms with van der Waals surface area (Å²) in [7, 11) is 0. The van der Waals surface area contributed by atoms with Gasteiger partial charge < -0.3 is 15.2 Å². The van der Waals surface area contributed by atoms with Gasteiger partial charge in [-0.3, -0.25) is 0 Å². The minimum atomic E-state index is -4.40. The molecule has 5 nitrogen and oxygen atoms in total. The molecule has 24 heavy (non-hydrogen) atoms. The maximum atomic E-state index is 12.8. The number of benzene rings is 1. The molecule has 2 aromatic rings. The van der Waals surface area contributed by atoms with E-state index in [0.29, 0.717) is 30.3 Å². The van der Waals surface area contributed by atoms with Gasteiger partial charge in [0.2, 0.25) is 0 Å². The van der Waals surface area contributed by atoms with Crippen LogP contribution >= 0.6 is 0 Å². The molecule has 2 rings (SSSR count). The Morgan fingerprint density at radius 2 is 1.83 bits per heavy atom. The Labute approximate surface area is 138 Å². The van der Waals surface area contributed by atoms with Crippen LogP contribution < -0.4 is 5.73 Å². The number of alkyl halides is 3. The minimum Gasteiger partial charge on any atom is -0.384 e. The normalized spacial score (nSPS) is 12.1. The fourth-order valence-electron chi connectivity index (χ4n) is 2.24. The number of nitrogens with zero attached hydrogens (tertiary/aromatic N) is 2. The van der Waals surface area contributed by atoms with E-state index in [2.05, 4.69) is 5.10 Å². The molecule has 0 unspecified atom stereocenters. The quantitative estimate of drug-likeness (QED) is 0.781. The van der Waals surface area contributed by atoms with Crippen LogP contribution in [0.1, 0.15) is 19.4 Å². The van der Waals surface area contributed by atoms with Gasteiger partial charge in [-0.25, -0.2) is 4.68 Å². The highest BCUT2D eigenvalue weighted by Gasteiger charge is 2.30. The Morgan fingerprint density at radius 1 is 1.17 bits per heavy atom. The predicted molar refractivity (Wildman–Crippen MR) is 84.1 cm³/mol. The van der Waals surface area contributed by atoms with Crippen molar-refractivity contribution in [1.29, 1.82) is 0 Å². The fourth-order valence-corrected chi connectivity index (χ4v) is 2.24. The van der Waals surface area contributed by atoms with Crippen molar-refractivity contribution in [1.82, 2.24) is 9.78 Å². The number of aromatic nitrogens is 2. The molecule has 0 bridgehead atoms. The summed E-state index contributed by atoms with van der Waals surface area (Å²) in [4.78, 5) is 0. The van der Waals surface area contributed by atoms with Crippen LogP contribution in [-0.4, -0.2) is 29.3 Å². The van der Waals surface area contributed by atoms with Crippen molar-refractivity contribution in [2.75, 3.05) is 18.9 Å². The molecular weight excluding hydrogens is 323 g/mol. The number of nitrogen functional groups attached to an aromatic ring is 1. The van der Waals surface area contributed by atoms with Crippen LogP contribution in [0.25, 0.3) is 11.3 Å². The summed E-state index contributed by atoms with van der Waals surface area (Å²) in [5.74, 6) is 0.326. The van der Waals surface area contributed by atoms with Gasteiger partial charge in [0.1, 0.15) is 5.82 Å². The number of halogens is 3. The van der Waals surface area contributed by atoms with E-state index in [1.807, 2.05) is 13.8 Å². The summed E-state index contributed by atoms with van der Waals surface area (Å²) in [6, 6.07) is 6.50. The third-order valence-corrected chi connectivity index (χ3v) is 3.32. The van der Waals surface area contributed by atoms with E-state index in [1.165, 1.54) is 16.8 Å². The Bertz CT molecular complexity index is 665. The first-order valence-electron chi connectivity index (χ1n) is 7.59. The molecule has 2 N–H and O–H groups in total. The lowest BCUT2D eigenvalue weighted by Gasteiger charge is -2.17. The van der Waals surface area contributed by atoms with Crippen molar-refractivity contribution >= 4 is 5.82 Å². The molecule has 0 aliphatic carbocycles. The van der Waals surface area contributed by atoms with Gasteiger partial charge >= 0.3 is 6.18 Å². The maximum Gasteiger partial charge on any atom is 0.416 e. The van der Waals surface area contributed by atoms with Crippen molar-refractivity contribution in [3.63, 3.8) is 0 Å². The lowest BCUT2D eigenvalue weighted by atomic mass is 10.1. The monoisotopic (exact) mass is 343 g/mol. The summed E-state index contributed by atoms with van der Waals surface area (Å²) in [5.41, 5.74) is 5.90. The zero-order chi connectivity index (χ0) is 17.7. The first-order valence-corrected chi connectivity index (χ1v) is 7.59. The largest absolute Gasteiger partial charge is 0.416 e. The lowest BCUT2D eigenvalue weighted by Crippen LogP contribution is -2.25. The van der Waals surface area contributed by atoms with Crippen molar-refractivity contribution in [2.45, 2.75) is 32.9 Å². The zero-order valence-corrected chi connectivity index (χ0v) is 13.5. The molecule has 132 valence electrons. The van der Waals surface area contributed by atoms with E-state index in [4.69, 9.17) is 15.2 Å². The van der Waals surface area contributed by atoms with Crippen LogP contribution in [-0.2, 0) is 22.2 Å². The molecule has 1 aromatic heterocycles. The number of anilines is 1. The molecule has 1 heterocycles. The Balaban J connectivity index is 2.25.